The summed E-state index contributed by atoms with van der Waals surface area (Å²) in [6.07, 6.45) is 9.36. The molecule has 0 aliphatic heterocycles. The second-order valence-electron chi connectivity index (χ2n) is 7.71. The molecule has 0 atom stereocenters. The fraction of sp³-hybridized carbons (Fsp3) is 0.0370. The average Bonchev–Trinajstić information content (AvgIpc) is 2.84. The van der Waals surface area contributed by atoms with Crippen LogP contribution in [0.4, 0.5) is 0 Å². The molecule has 0 spiro atoms. The van der Waals surface area contributed by atoms with Gasteiger partial charge in [-0.1, -0.05) is 53.6 Å². The highest BCUT2D eigenvalue weighted by atomic mass is 35.5. The topological polar surface area (TPSA) is 60.7 Å². The molecular weight excluding hydrogens is 467 g/mol. The number of halogens is 2. The van der Waals surface area contributed by atoms with Crippen LogP contribution in [-0.2, 0) is 6.42 Å². The molecular formula is C27H18Cl2N4O. The Balaban J connectivity index is 1.59. The first-order valence-corrected chi connectivity index (χ1v) is 11.3. The lowest BCUT2D eigenvalue weighted by atomic mass is 10.1. The van der Waals surface area contributed by atoms with Gasteiger partial charge in [0.15, 0.2) is 5.65 Å². The third kappa shape index (κ3) is 4.76. The van der Waals surface area contributed by atoms with Gasteiger partial charge in [0.1, 0.15) is 11.2 Å². The Morgan fingerprint density at radius 1 is 0.853 bits per heavy atom. The van der Waals surface area contributed by atoms with Crippen LogP contribution in [0.25, 0.3) is 29.0 Å². The van der Waals surface area contributed by atoms with Crippen LogP contribution < -0.4 is 5.56 Å². The van der Waals surface area contributed by atoms with E-state index in [4.69, 9.17) is 23.2 Å². The molecule has 0 aliphatic carbocycles. The molecule has 0 saturated heterocycles. The summed E-state index contributed by atoms with van der Waals surface area (Å²) in [6.45, 7) is 0. The number of hydrogen-bond acceptors (Lipinski definition) is 4. The summed E-state index contributed by atoms with van der Waals surface area (Å²) < 4.78 is 1.61. The maximum absolute atomic E-state index is 13.5. The zero-order valence-electron chi connectivity index (χ0n) is 17.9. The summed E-state index contributed by atoms with van der Waals surface area (Å²) >= 11 is 12.2. The zero-order valence-corrected chi connectivity index (χ0v) is 19.4. The summed E-state index contributed by atoms with van der Waals surface area (Å²) in [4.78, 5) is 26.8. The van der Waals surface area contributed by atoms with E-state index < -0.39 is 0 Å². The zero-order chi connectivity index (χ0) is 23.5. The second-order valence-corrected chi connectivity index (χ2v) is 8.59. The monoisotopic (exact) mass is 484 g/mol. The average molecular weight is 485 g/mol. The molecule has 0 amide bonds. The van der Waals surface area contributed by atoms with E-state index in [-0.39, 0.29) is 5.56 Å². The molecule has 0 fully saturated rings. The first-order valence-electron chi connectivity index (χ1n) is 10.6. The molecule has 0 unspecified atom stereocenters. The highest BCUT2D eigenvalue weighted by molar-refractivity contribution is 6.34. The predicted molar refractivity (Wildman–Crippen MR) is 138 cm³/mol. The highest BCUT2D eigenvalue weighted by Crippen LogP contribution is 2.22. The lowest BCUT2D eigenvalue weighted by Gasteiger charge is -2.12. The van der Waals surface area contributed by atoms with E-state index in [1.54, 1.807) is 29.2 Å². The molecule has 3 heterocycles. The minimum atomic E-state index is -0.210. The van der Waals surface area contributed by atoms with Gasteiger partial charge in [-0.3, -0.25) is 14.3 Å². The first kappa shape index (κ1) is 22.0. The van der Waals surface area contributed by atoms with E-state index in [2.05, 4.69) is 15.0 Å². The normalized spacial score (nSPS) is 11.4. The van der Waals surface area contributed by atoms with Gasteiger partial charge in [-0.05, 0) is 65.2 Å². The van der Waals surface area contributed by atoms with Gasteiger partial charge in [0.25, 0.3) is 5.56 Å². The Bertz CT molecular complexity index is 1560. The molecule has 5 aromatic rings. The fourth-order valence-electron chi connectivity index (χ4n) is 3.75. The van der Waals surface area contributed by atoms with E-state index in [1.807, 2.05) is 72.8 Å². The molecule has 2 aromatic carbocycles. The van der Waals surface area contributed by atoms with E-state index in [9.17, 15) is 4.79 Å². The van der Waals surface area contributed by atoms with Crippen molar-refractivity contribution in [2.45, 2.75) is 6.42 Å². The molecule has 5 nitrogen and oxygen atoms in total. The Morgan fingerprint density at radius 2 is 1.65 bits per heavy atom. The van der Waals surface area contributed by atoms with Crippen LogP contribution in [0.3, 0.4) is 0 Å². The maximum Gasteiger partial charge on any atom is 0.278 e. The van der Waals surface area contributed by atoms with Gasteiger partial charge in [0, 0.05) is 35.1 Å². The number of fused-ring (bicyclic) bond motifs is 1. The number of pyridine rings is 2. The standard InChI is InChI=1S/C27H18Cl2N4O/c28-21-12-19(13-22(29)16-21)9-8-18-4-1-6-23(14-18)33-26-24(7-3-11-31-26)32-25(27(33)34)15-20-5-2-10-30-17-20/h1-14,16-17H,15H2/b9-8+. The van der Waals surface area contributed by atoms with Crippen molar-refractivity contribution in [3.8, 4) is 5.69 Å². The summed E-state index contributed by atoms with van der Waals surface area (Å²) in [7, 11) is 0. The molecule has 166 valence electrons. The quantitative estimate of drug-likeness (QED) is 0.277. The van der Waals surface area contributed by atoms with Gasteiger partial charge >= 0.3 is 0 Å². The van der Waals surface area contributed by atoms with Crippen LogP contribution in [-0.4, -0.2) is 19.5 Å². The largest absolute Gasteiger partial charge is 0.278 e. The van der Waals surface area contributed by atoms with Crippen LogP contribution in [0, 0.1) is 0 Å². The molecule has 3 aromatic heterocycles. The van der Waals surface area contributed by atoms with Crippen molar-refractivity contribution in [3.63, 3.8) is 0 Å². The molecule has 0 N–H and O–H groups in total. The number of benzene rings is 2. The third-order valence-corrected chi connectivity index (χ3v) is 5.70. The molecule has 7 heteroatoms. The van der Waals surface area contributed by atoms with Gasteiger partial charge in [-0.2, -0.15) is 0 Å². The Labute approximate surface area is 206 Å². The maximum atomic E-state index is 13.5. The van der Waals surface area contributed by atoms with Crippen LogP contribution in [0.5, 0.6) is 0 Å². The third-order valence-electron chi connectivity index (χ3n) is 5.26. The van der Waals surface area contributed by atoms with E-state index >= 15 is 0 Å². The van der Waals surface area contributed by atoms with Crippen molar-refractivity contribution in [3.05, 3.63) is 128 Å². The minimum absolute atomic E-state index is 0.210. The Hall–Kier alpha value is -3.80. The first-order chi connectivity index (χ1) is 16.6. The second kappa shape index (κ2) is 9.59. The lowest BCUT2D eigenvalue weighted by molar-refractivity contribution is 0.924. The van der Waals surface area contributed by atoms with Gasteiger partial charge < -0.3 is 0 Å². The van der Waals surface area contributed by atoms with Gasteiger partial charge in [0.05, 0.1) is 5.69 Å². The molecule has 0 saturated carbocycles. The minimum Gasteiger partial charge on any atom is -0.267 e. The lowest BCUT2D eigenvalue weighted by Crippen LogP contribution is -2.25. The van der Waals surface area contributed by atoms with Crippen LogP contribution in [0.15, 0.2) is 90.1 Å². The van der Waals surface area contributed by atoms with Crippen molar-refractivity contribution in [2.24, 2.45) is 0 Å². The van der Waals surface area contributed by atoms with E-state index in [0.29, 0.717) is 39.0 Å². The van der Waals surface area contributed by atoms with Crippen molar-refractivity contribution in [1.82, 2.24) is 19.5 Å². The summed E-state index contributed by atoms with van der Waals surface area (Å²) in [6, 6.07) is 20.5. The van der Waals surface area contributed by atoms with Crippen molar-refractivity contribution >= 4 is 46.5 Å². The van der Waals surface area contributed by atoms with Crippen molar-refractivity contribution in [2.75, 3.05) is 0 Å². The molecule has 0 aliphatic rings. The molecule has 0 bridgehead atoms. The summed E-state index contributed by atoms with van der Waals surface area (Å²) in [5.41, 5.74) is 4.79. The van der Waals surface area contributed by atoms with Gasteiger partial charge in [-0.25, -0.2) is 9.97 Å². The van der Waals surface area contributed by atoms with E-state index in [0.717, 1.165) is 16.7 Å². The molecule has 0 radical (unpaired) electrons. The molecule has 34 heavy (non-hydrogen) atoms. The van der Waals surface area contributed by atoms with Gasteiger partial charge in [-0.15, -0.1) is 0 Å². The smallest absolute Gasteiger partial charge is 0.267 e. The predicted octanol–water partition coefficient (Wildman–Crippen LogP) is 6.24. The van der Waals surface area contributed by atoms with Gasteiger partial charge in [0.2, 0.25) is 0 Å². The number of rotatable bonds is 5. The number of aromatic nitrogens is 4. The van der Waals surface area contributed by atoms with Crippen LogP contribution >= 0.6 is 23.2 Å². The number of nitrogens with zero attached hydrogens (tertiary/aromatic N) is 4. The van der Waals surface area contributed by atoms with Crippen LogP contribution in [0.2, 0.25) is 10.0 Å². The summed E-state index contributed by atoms with van der Waals surface area (Å²) in [5.74, 6) is 0. The van der Waals surface area contributed by atoms with E-state index in [1.165, 1.54) is 0 Å². The molecule has 5 rings (SSSR count). The Kier molecular flexibility index (Phi) is 6.21. The highest BCUT2D eigenvalue weighted by Gasteiger charge is 2.14. The van der Waals surface area contributed by atoms with Crippen molar-refractivity contribution in [1.29, 1.82) is 0 Å². The fourth-order valence-corrected chi connectivity index (χ4v) is 4.29. The van der Waals surface area contributed by atoms with Crippen molar-refractivity contribution < 1.29 is 0 Å². The summed E-state index contributed by atoms with van der Waals surface area (Å²) in [5, 5.41) is 1.14. The SMILES string of the molecule is O=c1c(Cc2cccnc2)nc2cccnc2n1-c1cccc(/C=C/c2cc(Cl)cc(Cl)c2)c1. The van der Waals surface area contributed by atoms with Crippen LogP contribution in [0.1, 0.15) is 22.4 Å². The number of hydrogen-bond donors (Lipinski definition) is 0. The Morgan fingerprint density at radius 3 is 2.44 bits per heavy atom.